The maximum absolute atomic E-state index is 13.0. The van der Waals surface area contributed by atoms with Crippen LogP contribution < -0.4 is 5.73 Å². The van der Waals surface area contributed by atoms with Crippen molar-refractivity contribution in [1.29, 1.82) is 0 Å². The summed E-state index contributed by atoms with van der Waals surface area (Å²) in [6.45, 7) is 6.07. The summed E-state index contributed by atoms with van der Waals surface area (Å²) in [6.07, 6.45) is -4.35. The van der Waals surface area contributed by atoms with Crippen molar-refractivity contribution in [3.05, 3.63) is 35.5 Å². The summed E-state index contributed by atoms with van der Waals surface area (Å²) in [4.78, 5) is 0. The van der Waals surface area contributed by atoms with Crippen LogP contribution in [0.4, 0.5) is 13.2 Å². The third-order valence-electron chi connectivity index (χ3n) is 3.23. The third-order valence-corrected chi connectivity index (χ3v) is 3.23. The van der Waals surface area contributed by atoms with Gasteiger partial charge in [0.05, 0.1) is 11.1 Å². The first-order valence-electron chi connectivity index (χ1n) is 6.15. The number of aryl methyl sites for hydroxylation is 1. The second kappa shape index (κ2) is 4.27. The minimum absolute atomic E-state index is 0.213. The number of hydrogen-bond donors (Lipinski definition) is 1. The van der Waals surface area contributed by atoms with E-state index in [0.29, 0.717) is 17.8 Å². The number of nitrogens with zero attached hydrogens (tertiary/aromatic N) is 1. The molecule has 0 atom stereocenters. The first-order valence-corrected chi connectivity index (χ1v) is 6.15. The van der Waals surface area contributed by atoms with Crippen LogP contribution >= 0.6 is 0 Å². The topological polar surface area (TPSA) is 30.9 Å². The van der Waals surface area contributed by atoms with Gasteiger partial charge in [-0.3, -0.25) is 0 Å². The number of fused-ring (bicyclic) bond motifs is 1. The standard InChI is InChI=1S/C14H17F3N2/c1-4-19-11-7-5-6-10(14(15,16)17)9(11)8-12(19)13(2,3)18/h5-8H,4,18H2,1-3H3. The lowest BCUT2D eigenvalue weighted by Gasteiger charge is -2.21. The third kappa shape index (κ3) is 2.34. The Labute approximate surface area is 110 Å². The van der Waals surface area contributed by atoms with E-state index in [1.165, 1.54) is 6.07 Å². The van der Waals surface area contributed by atoms with Gasteiger partial charge in [-0.2, -0.15) is 13.2 Å². The van der Waals surface area contributed by atoms with Crippen molar-refractivity contribution in [3.8, 4) is 0 Å². The average Bonchev–Trinajstić information content (AvgIpc) is 2.65. The van der Waals surface area contributed by atoms with E-state index in [-0.39, 0.29) is 5.39 Å². The Balaban J connectivity index is 2.83. The zero-order valence-corrected chi connectivity index (χ0v) is 11.2. The lowest BCUT2D eigenvalue weighted by atomic mass is 10.0. The molecule has 1 heterocycles. The van der Waals surface area contributed by atoms with Gasteiger partial charge >= 0.3 is 6.18 Å². The van der Waals surface area contributed by atoms with Crippen molar-refractivity contribution >= 4 is 10.9 Å². The molecular weight excluding hydrogens is 253 g/mol. The number of halogens is 3. The molecule has 0 radical (unpaired) electrons. The van der Waals surface area contributed by atoms with Crippen molar-refractivity contribution in [3.63, 3.8) is 0 Å². The van der Waals surface area contributed by atoms with Gasteiger partial charge in [0, 0.05) is 23.1 Å². The summed E-state index contributed by atoms with van der Waals surface area (Å²) in [6, 6.07) is 5.80. The molecule has 1 aromatic carbocycles. The molecule has 0 aliphatic carbocycles. The lowest BCUT2D eigenvalue weighted by molar-refractivity contribution is -0.136. The van der Waals surface area contributed by atoms with E-state index >= 15 is 0 Å². The Morgan fingerprint density at radius 1 is 1.21 bits per heavy atom. The number of nitrogens with two attached hydrogens (primary N) is 1. The van der Waals surface area contributed by atoms with E-state index in [0.717, 1.165) is 6.07 Å². The van der Waals surface area contributed by atoms with Gasteiger partial charge in [0.1, 0.15) is 0 Å². The molecule has 0 aliphatic heterocycles. The fourth-order valence-corrected chi connectivity index (χ4v) is 2.41. The van der Waals surface area contributed by atoms with Crippen LogP contribution in [0.2, 0.25) is 0 Å². The SMILES string of the molecule is CCn1c(C(C)(C)N)cc2c(C(F)(F)F)cccc21. The Morgan fingerprint density at radius 3 is 2.32 bits per heavy atom. The predicted molar refractivity (Wildman–Crippen MR) is 69.8 cm³/mol. The molecule has 2 N–H and O–H groups in total. The highest BCUT2D eigenvalue weighted by Crippen LogP contribution is 2.37. The smallest absolute Gasteiger partial charge is 0.343 e. The van der Waals surface area contributed by atoms with Gasteiger partial charge in [0.2, 0.25) is 0 Å². The van der Waals surface area contributed by atoms with Crippen LogP contribution in [0.25, 0.3) is 10.9 Å². The number of rotatable bonds is 2. The van der Waals surface area contributed by atoms with E-state index in [9.17, 15) is 13.2 Å². The van der Waals surface area contributed by atoms with Crippen LogP contribution in [-0.2, 0) is 18.3 Å². The first-order chi connectivity index (χ1) is 8.66. The average molecular weight is 270 g/mol. The molecule has 1 aromatic heterocycles. The largest absolute Gasteiger partial charge is 0.417 e. The predicted octanol–water partition coefficient (Wildman–Crippen LogP) is 3.87. The van der Waals surface area contributed by atoms with Gasteiger partial charge in [-0.25, -0.2) is 0 Å². The van der Waals surface area contributed by atoms with E-state index in [4.69, 9.17) is 5.73 Å². The van der Waals surface area contributed by atoms with Crippen molar-refractivity contribution in [2.75, 3.05) is 0 Å². The fourth-order valence-electron chi connectivity index (χ4n) is 2.41. The summed E-state index contributed by atoms with van der Waals surface area (Å²) < 4.78 is 40.9. The maximum atomic E-state index is 13.0. The van der Waals surface area contributed by atoms with E-state index < -0.39 is 17.3 Å². The Morgan fingerprint density at radius 2 is 1.84 bits per heavy atom. The molecule has 2 rings (SSSR count). The first kappa shape index (κ1) is 13.9. The van der Waals surface area contributed by atoms with E-state index in [1.807, 2.05) is 11.5 Å². The van der Waals surface area contributed by atoms with E-state index in [1.54, 1.807) is 26.0 Å². The zero-order chi connectivity index (χ0) is 14.4. The van der Waals surface area contributed by atoms with Gasteiger partial charge in [-0.05, 0) is 39.0 Å². The molecule has 104 valence electrons. The highest BCUT2D eigenvalue weighted by atomic mass is 19.4. The molecule has 19 heavy (non-hydrogen) atoms. The summed E-state index contributed by atoms with van der Waals surface area (Å²) in [7, 11) is 0. The minimum Gasteiger partial charge on any atom is -0.343 e. The molecule has 0 aliphatic rings. The molecule has 0 fully saturated rings. The summed E-state index contributed by atoms with van der Waals surface area (Å²) in [5.74, 6) is 0. The Hall–Kier alpha value is -1.49. The normalized spacial score (nSPS) is 13.2. The summed E-state index contributed by atoms with van der Waals surface area (Å²) in [5, 5.41) is 0.213. The van der Waals surface area contributed by atoms with Crippen LogP contribution in [0.5, 0.6) is 0 Å². The highest BCUT2D eigenvalue weighted by molar-refractivity contribution is 5.85. The number of alkyl halides is 3. The van der Waals surface area contributed by atoms with Crippen LogP contribution in [0, 0.1) is 0 Å². The van der Waals surface area contributed by atoms with Gasteiger partial charge in [-0.1, -0.05) is 6.07 Å². The lowest BCUT2D eigenvalue weighted by Crippen LogP contribution is -2.31. The number of aromatic nitrogens is 1. The van der Waals surface area contributed by atoms with Crippen molar-refractivity contribution in [2.24, 2.45) is 5.73 Å². The second-order valence-corrected chi connectivity index (χ2v) is 5.23. The van der Waals surface area contributed by atoms with Crippen molar-refractivity contribution in [1.82, 2.24) is 4.57 Å². The molecule has 0 saturated heterocycles. The number of hydrogen-bond acceptors (Lipinski definition) is 1. The minimum atomic E-state index is -4.35. The highest BCUT2D eigenvalue weighted by Gasteiger charge is 2.34. The molecule has 0 spiro atoms. The van der Waals surface area contributed by atoms with Crippen molar-refractivity contribution < 1.29 is 13.2 Å². The zero-order valence-electron chi connectivity index (χ0n) is 11.2. The van der Waals surface area contributed by atoms with Gasteiger partial charge in [-0.15, -0.1) is 0 Å². The molecule has 0 amide bonds. The molecule has 2 nitrogen and oxygen atoms in total. The molecule has 0 saturated carbocycles. The van der Waals surface area contributed by atoms with Crippen LogP contribution in [-0.4, -0.2) is 4.57 Å². The Bertz CT molecular complexity index is 603. The van der Waals surface area contributed by atoms with Gasteiger partial charge in [0.15, 0.2) is 0 Å². The molecule has 2 aromatic rings. The van der Waals surface area contributed by atoms with Crippen LogP contribution in [0.3, 0.4) is 0 Å². The van der Waals surface area contributed by atoms with Gasteiger partial charge in [0.25, 0.3) is 0 Å². The van der Waals surface area contributed by atoms with Crippen molar-refractivity contribution in [2.45, 2.75) is 39.0 Å². The second-order valence-electron chi connectivity index (χ2n) is 5.23. The summed E-state index contributed by atoms with van der Waals surface area (Å²) >= 11 is 0. The van der Waals surface area contributed by atoms with Crippen LogP contribution in [0.15, 0.2) is 24.3 Å². The van der Waals surface area contributed by atoms with Crippen LogP contribution in [0.1, 0.15) is 32.0 Å². The summed E-state index contributed by atoms with van der Waals surface area (Å²) in [5.41, 5.74) is 6.05. The quantitative estimate of drug-likeness (QED) is 0.882. The molecule has 5 heteroatoms. The fraction of sp³-hybridized carbons (Fsp3) is 0.429. The van der Waals surface area contributed by atoms with E-state index in [2.05, 4.69) is 0 Å². The monoisotopic (exact) mass is 270 g/mol. The number of benzene rings is 1. The Kier molecular flexibility index (Phi) is 3.13. The molecule has 0 unspecified atom stereocenters. The van der Waals surface area contributed by atoms with Gasteiger partial charge < -0.3 is 10.3 Å². The molecule has 0 bridgehead atoms. The maximum Gasteiger partial charge on any atom is 0.417 e. The molecular formula is C14H17F3N2.